The number of carbonyl (C=O) groups excluding carboxylic acids is 1. The highest BCUT2D eigenvalue weighted by Crippen LogP contribution is 2.28. The van der Waals surface area contributed by atoms with Gasteiger partial charge in [0.15, 0.2) is 0 Å². The van der Waals surface area contributed by atoms with Crippen molar-refractivity contribution in [2.45, 2.75) is 19.3 Å². The van der Waals surface area contributed by atoms with E-state index in [1.54, 1.807) is 0 Å². The molecule has 0 atom stereocenters. The summed E-state index contributed by atoms with van der Waals surface area (Å²) < 4.78 is 0.853. The minimum absolute atomic E-state index is 0.0758. The molecule has 0 aliphatic carbocycles. The van der Waals surface area contributed by atoms with Gasteiger partial charge in [-0.05, 0) is 59.0 Å². The van der Waals surface area contributed by atoms with Gasteiger partial charge >= 0.3 is 0 Å². The highest BCUT2D eigenvalue weighted by atomic mass is 79.9. The minimum Gasteiger partial charge on any atom is -0.308 e. The standard InChI is InChI=1S/C17H16BrNO/c18-15-10-3-2-9-14(15)17(20)19-12-6-5-8-13-7-1-4-11-16(13)19/h1-4,7,9-11H,5-6,8,12H2. The Balaban J connectivity index is 2.02. The quantitative estimate of drug-likeness (QED) is 0.757. The summed E-state index contributed by atoms with van der Waals surface area (Å²) in [6.45, 7) is 0.789. The molecule has 0 spiro atoms. The van der Waals surface area contributed by atoms with E-state index in [9.17, 15) is 4.79 Å². The Labute approximate surface area is 127 Å². The molecule has 1 aliphatic rings. The lowest BCUT2D eigenvalue weighted by Gasteiger charge is -2.23. The van der Waals surface area contributed by atoms with Crippen LogP contribution in [0.5, 0.6) is 0 Å². The number of fused-ring (bicyclic) bond motifs is 1. The number of halogens is 1. The molecule has 0 radical (unpaired) electrons. The zero-order chi connectivity index (χ0) is 13.9. The topological polar surface area (TPSA) is 20.3 Å². The van der Waals surface area contributed by atoms with Gasteiger partial charge in [0.1, 0.15) is 0 Å². The summed E-state index contributed by atoms with van der Waals surface area (Å²) >= 11 is 3.48. The van der Waals surface area contributed by atoms with Gasteiger partial charge in [-0.3, -0.25) is 4.79 Å². The second-order valence-corrected chi connectivity index (χ2v) is 5.88. The van der Waals surface area contributed by atoms with Crippen LogP contribution in [0.1, 0.15) is 28.8 Å². The number of benzene rings is 2. The Morgan fingerprint density at radius 1 is 1.00 bits per heavy atom. The van der Waals surface area contributed by atoms with Crippen molar-refractivity contribution in [2.24, 2.45) is 0 Å². The number of hydrogen-bond donors (Lipinski definition) is 0. The van der Waals surface area contributed by atoms with Gasteiger partial charge in [-0.25, -0.2) is 0 Å². The molecule has 0 aromatic heterocycles. The maximum absolute atomic E-state index is 12.8. The number of anilines is 1. The van der Waals surface area contributed by atoms with E-state index < -0.39 is 0 Å². The van der Waals surface area contributed by atoms with Crippen molar-refractivity contribution in [1.82, 2.24) is 0 Å². The molecule has 3 heteroatoms. The molecule has 20 heavy (non-hydrogen) atoms. The van der Waals surface area contributed by atoms with E-state index in [1.165, 1.54) is 5.56 Å². The normalized spacial score (nSPS) is 14.6. The van der Waals surface area contributed by atoms with E-state index in [-0.39, 0.29) is 5.91 Å². The average Bonchev–Trinajstić information content (AvgIpc) is 2.69. The molecule has 2 nitrogen and oxygen atoms in total. The Bertz CT molecular complexity index is 638. The first-order valence-corrected chi connectivity index (χ1v) is 7.71. The first-order chi connectivity index (χ1) is 9.77. The molecule has 0 saturated heterocycles. The number of nitrogens with zero attached hydrogens (tertiary/aromatic N) is 1. The lowest BCUT2D eigenvalue weighted by molar-refractivity contribution is 0.0986. The molecular weight excluding hydrogens is 314 g/mol. The van der Waals surface area contributed by atoms with E-state index in [2.05, 4.69) is 28.1 Å². The minimum atomic E-state index is 0.0758. The van der Waals surface area contributed by atoms with Gasteiger partial charge in [0.2, 0.25) is 0 Å². The fraction of sp³-hybridized carbons (Fsp3) is 0.235. The predicted molar refractivity (Wildman–Crippen MR) is 85.2 cm³/mol. The van der Waals surface area contributed by atoms with Crippen LogP contribution in [-0.2, 0) is 6.42 Å². The third-order valence-corrected chi connectivity index (χ3v) is 4.40. The van der Waals surface area contributed by atoms with Crippen LogP contribution in [0.4, 0.5) is 5.69 Å². The molecule has 1 amide bonds. The largest absolute Gasteiger partial charge is 0.308 e. The van der Waals surface area contributed by atoms with E-state index in [1.807, 2.05) is 41.3 Å². The summed E-state index contributed by atoms with van der Waals surface area (Å²) in [5.74, 6) is 0.0758. The van der Waals surface area contributed by atoms with E-state index >= 15 is 0 Å². The molecule has 1 heterocycles. The molecule has 1 aliphatic heterocycles. The van der Waals surface area contributed by atoms with Crippen LogP contribution in [-0.4, -0.2) is 12.5 Å². The van der Waals surface area contributed by atoms with Crippen LogP contribution >= 0.6 is 15.9 Å². The third-order valence-electron chi connectivity index (χ3n) is 3.71. The van der Waals surface area contributed by atoms with Crippen molar-refractivity contribution in [3.05, 3.63) is 64.1 Å². The van der Waals surface area contributed by atoms with Crippen LogP contribution in [0.2, 0.25) is 0 Å². The van der Waals surface area contributed by atoms with Crippen molar-refractivity contribution in [3.8, 4) is 0 Å². The van der Waals surface area contributed by atoms with E-state index in [4.69, 9.17) is 0 Å². The number of rotatable bonds is 1. The van der Waals surface area contributed by atoms with Crippen LogP contribution in [0.15, 0.2) is 53.0 Å². The Morgan fingerprint density at radius 3 is 2.60 bits per heavy atom. The summed E-state index contributed by atoms with van der Waals surface area (Å²) in [7, 11) is 0. The monoisotopic (exact) mass is 329 g/mol. The van der Waals surface area contributed by atoms with Crippen molar-refractivity contribution >= 4 is 27.5 Å². The molecule has 3 rings (SSSR count). The molecule has 0 bridgehead atoms. The summed E-state index contributed by atoms with van der Waals surface area (Å²) in [4.78, 5) is 14.8. The maximum Gasteiger partial charge on any atom is 0.259 e. The zero-order valence-corrected chi connectivity index (χ0v) is 12.8. The van der Waals surface area contributed by atoms with Gasteiger partial charge in [0.05, 0.1) is 5.56 Å². The molecule has 0 unspecified atom stereocenters. The Morgan fingerprint density at radius 2 is 1.75 bits per heavy atom. The van der Waals surface area contributed by atoms with E-state index in [0.29, 0.717) is 0 Å². The molecule has 2 aromatic rings. The van der Waals surface area contributed by atoms with Gasteiger partial charge in [-0.1, -0.05) is 30.3 Å². The summed E-state index contributed by atoms with van der Waals surface area (Å²) in [5.41, 5.74) is 3.06. The van der Waals surface area contributed by atoms with Crippen LogP contribution in [0, 0.1) is 0 Å². The molecule has 2 aromatic carbocycles. The fourth-order valence-corrected chi connectivity index (χ4v) is 3.14. The first-order valence-electron chi connectivity index (χ1n) is 6.91. The van der Waals surface area contributed by atoms with Gasteiger partial charge in [0.25, 0.3) is 5.91 Å². The van der Waals surface area contributed by atoms with Crippen molar-refractivity contribution in [3.63, 3.8) is 0 Å². The number of aryl methyl sites for hydroxylation is 1. The maximum atomic E-state index is 12.8. The smallest absolute Gasteiger partial charge is 0.259 e. The van der Waals surface area contributed by atoms with E-state index in [0.717, 1.165) is 41.5 Å². The average molecular weight is 330 g/mol. The lowest BCUT2D eigenvalue weighted by atomic mass is 10.1. The highest BCUT2D eigenvalue weighted by molar-refractivity contribution is 9.10. The molecular formula is C17H16BrNO. The van der Waals surface area contributed by atoms with Crippen LogP contribution in [0.3, 0.4) is 0 Å². The molecule has 0 N–H and O–H groups in total. The summed E-state index contributed by atoms with van der Waals surface area (Å²) in [5, 5.41) is 0. The number of amides is 1. The second-order valence-electron chi connectivity index (χ2n) is 5.02. The van der Waals surface area contributed by atoms with Gasteiger partial charge in [0, 0.05) is 16.7 Å². The number of para-hydroxylation sites is 1. The molecule has 0 fully saturated rings. The summed E-state index contributed by atoms with van der Waals surface area (Å²) in [6, 6.07) is 15.8. The highest BCUT2D eigenvalue weighted by Gasteiger charge is 2.23. The first kappa shape index (κ1) is 13.4. The van der Waals surface area contributed by atoms with Crippen LogP contribution < -0.4 is 4.90 Å². The number of carbonyl (C=O) groups is 1. The number of hydrogen-bond acceptors (Lipinski definition) is 1. The van der Waals surface area contributed by atoms with Crippen molar-refractivity contribution in [1.29, 1.82) is 0 Å². The SMILES string of the molecule is O=C(c1ccccc1Br)N1CCCCc2ccccc21. The zero-order valence-electron chi connectivity index (χ0n) is 11.2. The van der Waals surface area contributed by atoms with Gasteiger partial charge < -0.3 is 4.90 Å². The molecule has 102 valence electrons. The Hall–Kier alpha value is -1.61. The second kappa shape index (κ2) is 5.80. The van der Waals surface area contributed by atoms with Gasteiger partial charge in [-0.2, -0.15) is 0 Å². The lowest BCUT2D eigenvalue weighted by Crippen LogP contribution is -2.32. The molecule has 0 saturated carbocycles. The van der Waals surface area contributed by atoms with Gasteiger partial charge in [-0.15, -0.1) is 0 Å². The van der Waals surface area contributed by atoms with Crippen molar-refractivity contribution < 1.29 is 4.79 Å². The fourth-order valence-electron chi connectivity index (χ4n) is 2.68. The summed E-state index contributed by atoms with van der Waals surface area (Å²) in [6.07, 6.45) is 3.23. The third kappa shape index (κ3) is 2.50. The van der Waals surface area contributed by atoms with Crippen LogP contribution in [0.25, 0.3) is 0 Å². The van der Waals surface area contributed by atoms with Crippen molar-refractivity contribution in [2.75, 3.05) is 11.4 Å². The predicted octanol–water partition coefficient (Wildman–Crippen LogP) is 4.43. The Kier molecular flexibility index (Phi) is 3.88.